The van der Waals surface area contributed by atoms with Crippen molar-refractivity contribution in [2.24, 2.45) is 0 Å². The van der Waals surface area contributed by atoms with Gasteiger partial charge in [0.2, 0.25) is 0 Å². The molecule has 2 aromatic rings. The van der Waals surface area contributed by atoms with Crippen molar-refractivity contribution in [3.8, 4) is 0 Å². The van der Waals surface area contributed by atoms with Crippen LogP contribution in [-0.2, 0) is 4.74 Å². The van der Waals surface area contributed by atoms with E-state index in [1.54, 1.807) is 18.2 Å². The molecule has 20 heavy (non-hydrogen) atoms. The molecule has 0 radical (unpaired) electrons. The van der Waals surface area contributed by atoms with E-state index in [2.05, 4.69) is 0 Å². The van der Waals surface area contributed by atoms with Gasteiger partial charge in [-0.25, -0.2) is 0 Å². The summed E-state index contributed by atoms with van der Waals surface area (Å²) in [5.41, 5.74) is -0.143. The number of benzene rings is 2. The fourth-order valence-corrected chi connectivity index (χ4v) is 1.61. The lowest BCUT2D eigenvalue weighted by Gasteiger charge is -2.22. The summed E-state index contributed by atoms with van der Waals surface area (Å²) in [6.45, 7) is -4.23. The quantitative estimate of drug-likeness (QED) is 0.799. The van der Waals surface area contributed by atoms with Gasteiger partial charge in [-0.15, -0.1) is 0 Å². The molecule has 0 bridgehead atoms. The van der Waals surface area contributed by atoms with Crippen LogP contribution in [0.5, 0.6) is 0 Å². The number of nitrogens with zero attached hydrogens (tertiary/aromatic N) is 1. The van der Waals surface area contributed by atoms with Crippen LogP contribution in [0.2, 0.25) is 0 Å². The van der Waals surface area contributed by atoms with E-state index in [0.29, 0.717) is 0 Å². The van der Waals surface area contributed by atoms with Crippen LogP contribution < -0.4 is 0 Å². The van der Waals surface area contributed by atoms with E-state index in [-0.39, 0.29) is 22.7 Å². The first-order valence-electron chi connectivity index (χ1n) is 10.7. The minimum Gasteiger partial charge on any atom is -0.367 e. The number of rotatable bonds is 6. The van der Waals surface area contributed by atoms with Crippen LogP contribution in [-0.4, -0.2) is 32.1 Å². The molecule has 0 fully saturated rings. The fraction of sp³-hybridized carbons (Fsp3) is 0.333. The lowest BCUT2D eigenvalue weighted by Crippen LogP contribution is -2.20. The minimum absolute atomic E-state index is 0.0241. The van der Waals surface area contributed by atoms with Gasteiger partial charge >= 0.3 is 0 Å². The highest BCUT2D eigenvalue weighted by Crippen LogP contribution is 2.28. The Kier molecular flexibility index (Phi) is 2.49. The summed E-state index contributed by atoms with van der Waals surface area (Å²) in [5, 5.41) is 0. The molecule has 1 atom stereocenters. The summed E-state index contributed by atoms with van der Waals surface area (Å²) < 4.78 is 79.3. The molecule has 2 heteroatoms. The van der Waals surface area contributed by atoms with Gasteiger partial charge in [-0.3, -0.25) is 0 Å². The average Bonchev–Trinajstić information content (AvgIpc) is 2.65. The second-order valence-electron chi connectivity index (χ2n) is 4.41. The molecule has 0 saturated carbocycles. The molecule has 2 rings (SSSR count). The van der Waals surface area contributed by atoms with E-state index in [1.165, 1.54) is 33.2 Å². The molecule has 0 aliphatic carbocycles. The Morgan fingerprint density at radius 3 is 2.65 bits per heavy atom. The zero-order valence-electron chi connectivity index (χ0n) is 20.7. The fourth-order valence-electron chi connectivity index (χ4n) is 1.61. The summed E-state index contributed by atoms with van der Waals surface area (Å²) in [7, 11) is 2.66. The van der Waals surface area contributed by atoms with Gasteiger partial charge in [0.05, 0.1) is 16.2 Å². The van der Waals surface area contributed by atoms with Gasteiger partial charge < -0.3 is 9.64 Å². The summed E-state index contributed by atoms with van der Waals surface area (Å²) in [6, 6.07) is 5.81. The van der Waals surface area contributed by atoms with Gasteiger partial charge in [0.1, 0.15) is 6.08 Å². The predicted molar refractivity (Wildman–Crippen MR) is 84.0 cm³/mol. The van der Waals surface area contributed by atoms with E-state index in [9.17, 15) is 0 Å². The summed E-state index contributed by atoms with van der Waals surface area (Å²) in [6.07, 6.45) is -2.44. The van der Waals surface area contributed by atoms with Gasteiger partial charge in [0.15, 0.2) is 0 Å². The van der Waals surface area contributed by atoms with Crippen molar-refractivity contribution in [2.75, 3.05) is 27.2 Å². The predicted octanol–water partition coefficient (Wildman–Crippen LogP) is 3.66. The van der Waals surface area contributed by atoms with Crippen molar-refractivity contribution in [3.05, 3.63) is 71.2 Å². The Bertz CT molecular complexity index is 873. The molecular formula is C18H23NO. The molecule has 106 valence electrons. The molecule has 0 aliphatic heterocycles. The molecular weight excluding hydrogens is 246 g/mol. The van der Waals surface area contributed by atoms with Crippen LogP contribution in [0.3, 0.4) is 0 Å². The van der Waals surface area contributed by atoms with Gasteiger partial charge in [-0.2, -0.15) is 0 Å². The largest absolute Gasteiger partial charge is 0.367 e. The number of likely N-dealkylation sites (N-methyl/N-ethyl adjacent to an activating group) is 1. The minimum atomic E-state index is -3.00. The van der Waals surface area contributed by atoms with E-state index < -0.39 is 37.3 Å². The maximum atomic E-state index is 9.03. The highest BCUT2D eigenvalue weighted by molar-refractivity contribution is 5.35. The number of hydrogen-bond donors (Lipinski definition) is 0. The lowest BCUT2D eigenvalue weighted by molar-refractivity contribution is 0.0683. The monoisotopic (exact) mass is 278 g/mol. The Labute approximate surface area is 134 Å². The highest BCUT2D eigenvalue weighted by atomic mass is 16.5. The van der Waals surface area contributed by atoms with Crippen molar-refractivity contribution in [1.29, 1.82) is 0 Å². The third-order valence-electron chi connectivity index (χ3n) is 2.56. The van der Waals surface area contributed by atoms with E-state index in [1.807, 2.05) is 0 Å². The molecule has 0 aliphatic rings. The van der Waals surface area contributed by atoms with E-state index in [4.69, 9.17) is 17.1 Å². The van der Waals surface area contributed by atoms with Crippen LogP contribution in [0.25, 0.3) is 0 Å². The maximum absolute atomic E-state index is 9.03. The Balaban J connectivity index is 2.84. The third-order valence-corrected chi connectivity index (χ3v) is 2.56. The summed E-state index contributed by atoms with van der Waals surface area (Å²) in [4.78, 5) is 0.978. The lowest BCUT2D eigenvalue weighted by atomic mass is 9.97. The number of ether oxygens (including phenoxy) is 1. The SMILES string of the molecule is [2H]c1c([2H])c([2H])c(C([2H])(OC([2H])([2H])C([2H])([2H])N(C)C)c2ccccc2)c(C)c1[2H]. The zero-order chi connectivity index (χ0) is 22.4. The average molecular weight is 278 g/mol. The van der Waals surface area contributed by atoms with Gasteiger partial charge in [-0.05, 0) is 37.7 Å². The molecule has 0 aromatic heterocycles. The van der Waals surface area contributed by atoms with Crippen LogP contribution in [0.1, 0.15) is 35.1 Å². The Hall–Kier alpha value is -1.64. The molecule has 0 heterocycles. The second kappa shape index (κ2) is 7.22. The van der Waals surface area contributed by atoms with Crippen LogP contribution in [0, 0.1) is 6.92 Å². The van der Waals surface area contributed by atoms with E-state index >= 15 is 0 Å². The molecule has 1 unspecified atom stereocenters. The van der Waals surface area contributed by atoms with Crippen molar-refractivity contribution in [1.82, 2.24) is 4.90 Å². The van der Waals surface area contributed by atoms with Crippen LogP contribution in [0.4, 0.5) is 0 Å². The van der Waals surface area contributed by atoms with Crippen LogP contribution >= 0.6 is 0 Å². The molecule has 0 saturated heterocycles. The van der Waals surface area contributed by atoms with Crippen molar-refractivity contribution < 1.29 is 17.1 Å². The van der Waals surface area contributed by atoms with Gasteiger partial charge in [0.25, 0.3) is 0 Å². The van der Waals surface area contributed by atoms with Gasteiger partial charge in [0, 0.05) is 9.24 Å². The smallest absolute Gasteiger partial charge is 0.108 e. The second-order valence-corrected chi connectivity index (χ2v) is 4.41. The first-order chi connectivity index (χ1) is 13.2. The van der Waals surface area contributed by atoms with Crippen molar-refractivity contribution in [3.63, 3.8) is 0 Å². The summed E-state index contributed by atoms with van der Waals surface area (Å²) in [5.74, 6) is 0. The normalized spacial score (nSPS) is 22.1. The van der Waals surface area contributed by atoms with Crippen LogP contribution in [0.15, 0.2) is 54.5 Å². The molecule has 0 N–H and O–H groups in total. The number of hydrogen-bond acceptors (Lipinski definition) is 2. The molecule has 0 spiro atoms. The Morgan fingerprint density at radius 2 is 1.95 bits per heavy atom. The molecule has 2 aromatic carbocycles. The van der Waals surface area contributed by atoms with Gasteiger partial charge in [-0.1, -0.05) is 54.5 Å². The molecule has 0 amide bonds. The maximum Gasteiger partial charge on any atom is 0.108 e. The topological polar surface area (TPSA) is 12.5 Å². The standard InChI is InChI=1S/C18H23NO/c1-15-9-7-8-12-17(15)18(20-14-13-19(2)3)16-10-5-4-6-11-16/h4-12,18H,13-14H2,1-3H3/i7D,8D,9D,12D,13D2,14D2,18D. The molecule has 2 nitrogen and oxygen atoms in total. The zero-order valence-corrected chi connectivity index (χ0v) is 11.7. The van der Waals surface area contributed by atoms with E-state index in [0.717, 1.165) is 4.90 Å². The first kappa shape index (κ1) is 6.88. The first-order valence-corrected chi connectivity index (χ1v) is 6.19. The third kappa shape index (κ3) is 3.92. The van der Waals surface area contributed by atoms with Crippen molar-refractivity contribution >= 4 is 0 Å². The highest BCUT2D eigenvalue weighted by Gasteiger charge is 2.16. The summed E-state index contributed by atoms with van der Waals surface area (Å²) >= 11 is 0. The van der Waals surface area contributed by atoms with Crippen molar-refractivity contribution in [2.45, 2.75) is 13.0 Å². The Morgan fingerprint density at radius 1 is 1.25 bits per heavy atom.